The lowest BCUT2D eigenvalue weighted by molar-refractivity contribution is -0.122. The minimum atomic E-state index is -3.58. The van der Waals surface area contributed by atoms with Crippen LogP contribution in [0.4, 0.5) is 5.69 Å². The van der Waals surface area contributed by atoms with Crippen molar-refractivity contribution < 1.29 is 13.2 Å². The van der Waals surface area contributed by atoms with Crippen molar-refractivity contribution in [3.05, 3.63) is 29.3 Å². The Bertz CT molecular complexity index is 687. The predicted octanol–water partition coefficient (Wildman–Crippen LogP) is 1.92. The summed E-state index contributed by atoms with van der Waals surface area (Å²) >= 11 is 0. The molecule has 1 rings (SSSR count). The van der Waals surface area contributed by atoms with Crippen molar-refractivity contribution in [2.75, 3.05) is 37.7 Å². The van der Waals surface area contributed by atoms with Gasteiger partial charge in [0.1, 0.15) is 6.04 Å². The molecular formula is C18H31N3O3S. The summed E-state index contributed by atoms with van der Waals surface area (Å²) in [5.74, 6) is -0.259. The van der Waals surface area contributed by atoms with E-state index in [1.807, 2.05) is 51.9 Å². The molecule has 0 aliphatic rings. The molecule has 0 radical (unpaired) electrons. The zero-order valence-electron chi connectivity index (χ0n) is 16.2. The van der Waals surface area contributed by atoms with Gasteiger partial charge in [-0.25, -0.2) is 8.42 Å². The molecule has 1 amide bonds. The van der Waals surface area contributed by atoms with Crippen molar-refractivity contribution in [3.63, 3.8) is 0 Å². The van der Waals surface area contributed by atoms with Crippen LogP contribution in [0.2, 0.25) is 0 Å². The van der Waals surface area contributed by atoms with Gasteiger partial charge >= 0.3 is 0 Å². The summed E-state index contributed by atoms with van der Waals surface area (Å²) in [7, 11) is 0.364. The van der Waals surface area contributed by atoms with Gasteiger partial charge in [0.15, 0.2) is 0 Å². The number of benzene rings is 1. The average Bonchev–Trinajstić information content (AvgIpc) is 2.50. The summed E-state index contributed by atoms with van der Waals surface area (Å²) in [6.45, 7) is 7.12. The maximum absolute atomic E-state index is 12.6. The summed E-state index contributed by atoms with van der Waals surface area (Å²) < 4.78 is 26.0. The average molecular weight is 370 g/mol. The van der Waals surface area contributed by atoms with E-state index >= 15 is 0 Å². The monoisotopic (exact) mass is 369 g/mol. The van der Waals surface area contributed by atoms with Gasteiger partial charge < -0.3 is 10.2 Å². The molecule has 0 spiro atoms. The Morgan fingerprint density at radius 2 is 1.84 bits per heavy atom. The van der Waals surface area contributed by atoms with Crippen LogP contribution >= 0.6 is 0 Å². The van der Waals surface area contributed by atoms with E-state index in [0.29, 0.717) is 18.7 Å². The molecule has 142 valence electrons. The van der Waals surface area contributed by atoms with Crippen LogP contribution in [-0.4, -0.2) is 58.7 Å². The molecular weight excluding hydrogens is 338 g/mol. The summed E-state index contributed by atoms with van der Waals surface area (Å²) in [5.41, 5.74) is 2.60. The van der Waals surface area contributed by atoms with Crippen molar-refractivity contribution in [2.24, 2.45) is 0 Å². The fraction of sp³-hybridized carbons (Fsp3) is 0.611. The lowest BCUT2D eigenvalue weighted by atomic mass is 10.1. The SMILES string of the molecule is CCC(C(=O)NCCCN(C)C)N(c1ccc(C)c(C)c1)S(C)(=O)=O. The van der Waals surface area contributed by atoms with Crippen molar-refractivity contribution in [2.45, 2.75) is 39.7 Å². The van der Waals surface area contributed by atoms with E-state index < -0.39 is 16.1 Å². The van der Waals surface area contributed by atoms with Crippen LogP contribution in [-0.2, 0) is 14.8 Å². The number of nitrogens with one attached hydrogen (secondary N) is 1. The second-order valence-electron chi connectivity index (χ2n) is 6.70. The van der Waals surface area contributed by atoms with Crippen LogP contribution in [0.15, 0.2) is 18.2 Å². The van der Waals surface area contributed by atoms with Crippen LogP contribution in [0.5, 0.6) is 0 Å². The fourth-order valence-corrected chi connectivity index (χ4v) is 3.85. The highest BCUT2D eigenvalue weighted by molar-refractivity contribution is 7.92. The van der Waals surface area contributed by atoms with Crippen molar-refractivity contribution in [1.82, 2.24) is 10.2 Å². The maximum atomic E-state index is 12.6. The number of nitrogens with zero attached hydrogens (tertiary/aromatic N) is 2. The Balaban J connectivity index is 3.02. The predicted molar refractivity (Wildman–Crippen MR) is 103 cm³/mol. The van der Waals surface area contributed by atoms with Gasteiger partial charge in [-0.05, 0) is 70.6 Å². The molecule has 0 aliphatic heterocycles. The molecule has 0 fully saturated rings. The summed E-state index contributed by atoms with van der Waals surface area (Å²) in [4.78, 5) is 14.6. The van der Waals surface area contributed by atoms with Crippen LogP contribution < -0.4 is 9.62 Å². The molecule has 0 saturated carbocycles. The third-order valence-corrected chi connectivity index (χ3v) is 5.34. The molecule has 1 aromatic rings. The Morgan fingerprint density at radius 3 is 2.32 bits per heavy atom. The normalized spacial score (nSPS) is 12.9. The van der Waals surface area contributed by atoms with Gasteiger partial charge in [0.25, 0.3) is 0 Å². The Labute approximate surface area is 152 Å². The standard InChI is InChI=1S/C18H31N3O3S/c1-7-17(18(22)19-11-8-12-20(4)5)21(25(6,23)24)16-10-9-14(2)15(3)13-16/h9-10,13,17H,7-8,11-12H2,1-6H3,(H,19,22). The van der Waals surface area contributed by atoms with Gasteiger partial charge in [-0.15, -0.1) is 0 Å². The van der Waals surface area contributed by atoms with E-state index in [-0.39, 0.29) is 5.91 Å². The van der Waals surface area contributed by atoms with Crippen molar-refractivity contribution in [1.29, 1.82) is 0 Å². The molecule has 0 saturated heterocycles. The number of carbonyl (C=O) groups is 1. The van der Waals surface area contributed by atoms with Gasteiger partial charge in [-0.1, -0.05) is 13.0 Å². The second kappa shape index (κ2) is 9.20. The molecule has 25 heavy (non-hydrogen) atoms. The molecule has 1 unspecified atom stereocenters. The quantitative estimate of drug-likeness (QED) is 0.675. The minimum Gasteiger partial charge on any atom is -0.354 e. The summed E-state index contributed by atoms with van der Waals surface area (Å²) in [5, 5.41) is 2.87. The Morgan fingerprint density at radius 1 is 1.20 bits per heavy atom. The first-order valence-electron chi connectivity index (χ1n) is 8.57. The fourth-order valence-electron chi connectivity index (χ4n) is 2.65. The van der Waals surface area contributed by atoms with Crippen LogP contribution in [0.1, 0.15) is 30.9 Å². The van der Waals surface area contributed by atoms with Gasteiger partial charge in [-0.2, -0.15) is 0 Å². The molecule has 0 aromatic heterocycles. The molecule has 0 bridgehead atoms. The van der Waals surface area contributed by atoms with Gasteiger partial charge in [0.05, 0.1) is 11.9 Å². The smallest absolute Gasteiger partial charge is 0.243 e. The van der Waals surface area contributed by atoms with Gasteiger partial charge in [-0.3, -0.25) is 9.10 Å². The number of carbonyl (C=O) groups excluding carboxylic acids is 1. The number of aryl methyl sites for hydroxylation is 2. The van der Waals surface area contributed by atoms with E-state index in [0.717, 1.165) is 30.3 Å². The third kappa shape index (κ3) is 6.32. The first-order chi connectivity index (χ1) is 11.6. The molecule has 6 nitrogen and oxygen atoms in total. The van der Waals surface area contributed by atoms with E-state index in [4.69, 9.17) is 0 Å². The highest BCUT2D eigenvalue weighted by atomic mass is 32.2. The molecule has 1 aromatic carbocycles. The lowest BCUT2D eigenvalue weighted by Crippen LogP contribution is -2.49. The molecule has 0 aliphatic carbocycles. The van der Waals surface area contributed by atoms with E-state index in [1.54, 1.807) is 6.07 Å². The lowest BCUT2D eigenvalue weighted by Gasteiger charge is -2.30. The minimum absolute atomic E-state index is 0.259. The maximum Gasteiger partial charge on any atom is 0.243 e. The number of rotatable bonds is 9. The van der Waals surface area contributed by atoms with E-state index in [1.165, 1.54) is 4.31 Å². The van der Waals surface area contributed by atoms with E-state index in [9.17, 15) is 13.2 Å². The Kier molecular flexibility index (Phi) is 7.89. The molecule has 0 heterocycles. The van der Waals surface area contributed by atoms with Gasteiger partial charge in [0, 0.05) is 6.54 Å². The van der Waals surface area contributed by atoms with Gasteiger partial charge in [0.2, 0.25) is 15.9 Å². The summed E-state index contributed by atoms with van der Waals surface area (Å²) in [6, 6.07) is 4.70. The van der Waals surface area contributed by atoms with Crippen LogP contribution in [0.25, 0.3) is 0 Å². The zero-order chi connectivity index (χ0) is 19.2. The summed E-state index contributed by atoms with van der Waals surface area (Å²) in [6.07, 6.45) is 2.36. The second-order valence-corrected chi connectivity index (χ2v) is 8.56. The highest BCUT2D eigenvalue weighted by Crippen LogP contribution is 2.25. The Hall–Kier alpha value is -1.60. The number of hydrogen-bond acceptors (Lipinski definition) is 4. The third-order valence-electron chi connectivity index (χ3n) is 4.16. The molecule has 1 atom stereocenters. The zero-order valence-corrected chi connectivity index (χ0v) is 17.0. The molecule has 7 heteroatoms. The number of sulfonamides is 1. The first kappa shape index (κ1) is 21.4. The van der Waals surface area contributed by atoms with Crippen molar-refractivity contribution in [3.8, 4) is 0 Å². The van der Waals surface area contributed by atoms with Crippen LogP contribution in [0.3, 0.4) is 0 Å². The number of anilines is 1. The van der Waals surface area contributed by atoms with E-state index in [2.05, 4.69) is 5.32 Å². The largest absolute Gasteiger partial charge is 0.354 e. The topological polar surface area (TPSA) is 69.7 Å². The number of amides is 1. The molecule has 1 N–H and O–H groups in total. The highest BCUT2D eigenvalue weighted by Gasteiger charge is 2.31. The first-order valence-corrected chi connectivity index (χ1v) is 10.4. The number of hydrogen-bond donors (Lipinski definition) is 1. The van der Waals surface area contributed by atoms with Crippen molar-refractivity contribution >= 4 is 21.6 Å². The van der Waals surface area contributed by atoms with Crippen LogP contribution in [0, 0.1) is 13.8 Å².